The van der Waals surface area contributed by atoms with Gasteiger partial charge in [-0.2, -0.15) is 0 Å². The number of rotatable bonds is 0. The van der Waals surface area contributed by atoms with Gasteiger partial charge in [-0.25, -0.2) is 4.98 Å². The summed E-state index contributed by atoms with van der Waals surface area (Å²) in [5.41, 5.74) is 2.52. The minimum atomic E-state index is 0.246. The molecule has 0 aliphatic heterocycles. The van der Waals surface area contributed by atoms with E-state index in [1.165, 1.54) is 6.42 Å². The molecule has 0 saturated carbocycles. The first kappa shape index (κ1) is 22.4. The molecule has 0 unspecified atom stereocenters. The van der Waals surface area contributed by atoms with E-state index in [0.29, 0.717) is 11.3 Å². The number of hydrogen-bond donors (Lipinski definition) is 2. The maximum atomic E-state index is 9.43. The molecule has 0 saturated heterocycles. The van der Waals surface area contributed by atoms with Gasteiger partial charge in [-0.1, -0.05) is 70.5 Å². The summed E-state index contributed by atoms with van der Waals surface area (Å²) in [7, 11) is 0. The lowest BCUT2D eigenvalue weighted by molar-refractivity contribution is 0.471. The Hall–Kier alpha value is -2.55. The van der Waals surface area contributed by atoms with Gasteiger partial charge in [-0.15, -0.1) is 0 Å². The topological polar surface area (TPSA) is 53.4 Å². The molecule has 2 N–H and O–H groups in total. The largest absolute Gasteiger partial charge is 0.508 e. The molecule has 25 heavy (non-hydrogen) atoms. The molecule has 1 aromatic heterocycles. The van der Waals surface area contributed by atoms with E-state index in [4.69, 9.17) is 5.11 Å². The predicted octanol–water partition coefficient (Wildman–Crippen LogP) is 6.39. The first-order valence-electron chi connectivity index (χ1n) is 8.79. The molecule has 0 spiro atoms. The van der Waals surface area contributed by atoms with Crippen LogP contribution in [0.25, 0.3) is 10.9 Å². The van der Waals surface area contributed by atoms with Gasteiger partial charge in [0.15, 0.2) is 0 Å². The maximum absolute atomic E-state index is 9.43. The van der Waals surface area contributed by atoms with Crippen molar-refractivity contribution in [3.8, 4) is 11.5 Å². The van der Waals surface area contributed by atoms with Gasteiger partial charge in [0.1, 0.15) is 17.0 Å². The molecule has 3 rings (SSSR count). The van der Waals surface area contributed by atoms with Crippen LogP contribution in [0.1, 0.15) is 45.4 Å². The predicted molar refractivity (Wildman–Crippen MR) is 108 cm³/mol. The number of nitrogens with zero attached hydrogens (tertiary/aromatic N) is 1. The second kappa shape index (κ2) is 12.8. The monoisotopic (exact) mass is 341 g/mol. The van der Waals surface area contributed by atoms with Crippen molar-refractivity contribution in [1.82, 2.24) is 4.98 Å². The van der Waals surface area contributed by atoms with Gasteiger partial charge in [0.05, 0.1) is 0 Å². The van der Waals surface area contributed by atoms with Gasteiger partial charge in [0.25, 0.3) is 0 Å². The van der Waals surface area contributed by atoms with Crippen LogP contribution in [0.5, 0.6) is 11.5 Å². The van der Waals surface area contributed by atoms with E-state index >= 15 is 0 Å². The molecule has 0 fully saturated rings. The molecule has 0 amide bonds. The lowest BCUT2D eigenvalue weighted by Crippen LogP contribution is -1.82. The molecule has 3 nitrogen and oxygen atoms in total. The molecule has 0 atom stereocenters. The first-order chi connectivity index (χ1) is 12.0. The van der Waals surface area contributed by atoms with Gasteiger partial charge >= 0.3 is 0 Å². The summed E-state index contributed by atoms with van der Waals surface area (Å²) in [6.45, 7) is 12.0. The van der Waals surface area contributed by atoms with E-state index < -0.39 is 0 Å². The highest BCUT2D eigenvalue weighted by Gasteiger charge is 1.98. The van der Waals surface area contributed by atoms with Crippen LogP contribution in [0, 0.1) is 13.8 Å². The zero-order valence-electron chi connectivity index (χ0n) is 16.2. The van der Waals surface area contributed by atoms with E-state index in [9.17, 15) is 5.11 Å². The fourth-order valence-corrected chi connectivity index (χ4v) is 1.79. The van der Waals surface area contributed by atoms with Gasteiger partial charge in [0, 0.05) is 11.1 Å². The zero-order valence-corrected chi connectivity index (χ0v) is 16.2. The van der Waals surface area contributed by atoms with Gasteiger partial charge in [-0.3, -0.25) is 0 Å². The molecule has 3 heteroatoms. The fourth-order valence-electron chi connectivity index (χ4n) is 1.79. The van der Waals surface area contributed by atoms with E-state index in [2.05, 4.69) is 18.8 Å². The summed E-state index contributed by atoms with van der Waals surface area (Å²) in [4.78, 5) is 4.23. The van der Waals surface area contributed by atoms with Gasteiger partial charge in [-0.05, 0) is 37.6 Å². The molecular formula is C22H31NO2. The van der Waals surface area contributed by atoms with Crippen LogP contribution in [-0.2, 0) is 0 Å². The minimum absolute atomic E-state index is 0.246. The van der Waals surface area contributed by atoms with Crippen molar-refractivity contribution in [2.75, 3.05) is 0 Å². The number of fused-ring (bicyclic) bond motifs is 1. The summed E-state index contributed by atoms with van der Waals surface area (Å²) in [6.07, 6.45) is 1.25. The summed E-state index contributed by atoms with van der Waals surface area (Å²) >= 11 is 0. The third-order valence-electron chi connectivity index (χ3n) is 2.95. The third kappa shape index (κ3) is 8.20. The Morgan fingerprint density at radius 2 is 1.32 bits per heavy atom. The van der Waals surface area contributed by atoms with Crippen molar-refractivity contribution in [3.05, 3.63) is 65.9 Å². The summed E-state index contributed by atoms with van der Waals surface area (Å²) in [5, 5.41) is 19.3. The first-order valence-corrected chi connectivity index (χ1v) is 8.79. The van der Waals surface area contributed by atoms with Crippen LogP contribution < -0.4 is 0 Å². The Kier molecular flexibility index (Phi) is 11.5. The number of pyridine rings is 1. The SMILES string of the molecule is CC.CCC.Cc1ccc2cccc(O)c2n1.Cc1ccccc1O. The third-order valence-corrected chi connectivity index (χ3v) is 2.95. The molecule has 0 aliphatic rings. The summed E-state index contributed by atoms with van der Waals surface area (Å²) in [5.74, 6) is 0.615. The molecule has 2 aromatic carbocycles. The van der Waals surface area contributed by atoms with E-state index in [1.54, 1.807) is 12.1 Å². The molecule has 0 aliphatic carbocycles. The normalized spacial score (nSPS) is 8.88. The van der Waals surface area contributed by atoms with Gasteiger partial charge < -0.3 is 10.2 Å². The Bertz CT molecular complexity index is 718. The highest BCUT2D eigenvalue weighted by Crippen LogP contribution is 2.21. The van der Waals surface area contributed by atoms with Crippen molar-refractivity contribution in [2.45, 2.75) is 48.0 Å². The second-order valence-corrected chi connectivity index (χ2v) is 5.30. The number of para-hydroxylation sites is 2. The quantitative estimate of drug-likeness (QED) is 0.498. The van der Waals surface area contributed by atoms with Crippen LogP contribution in [-0.4, -0.2) is 15.2 Å². The van der Waals surface area contributed by atoms with Crippen LogP contribution in [0.15, 0.2) is 54.6 Å². The Morgan fingerprint density at radius 3 is 1.84 bits per heavy atom. The Labute approximate surface area is 152 Å². The van der Waals surface area contributed by atoms with Crippen LogP contribution in [0.3, 0.4) is 0 Å². The molecule has 3 aromatic rings. The summed E-state index contributed by atoms with van der Waals surface area (Å²) in [6, 6.07) is 16.5. The molecule has 1 heterocycles. The van der Waals surface area contributed by atoms with Crippen molar-refractivity contribution < 1.29 is 10.2 Å². The smallest absolute Gasteiger partial charge is 0.141 e. The van der Waals surface area contributed by atoms with Crippen molar-refractivity contribution in [1.29, 1.82) is 0 Å². The van der Waals surface area contributed by atoms with Crippen LogP contribution >= 0.6 is 0 Å². The average molecular weight is 341 g/mol. The van der Waals surface area contributed by atoms with E-state index in [-0.39, 0.29) is 5.75 Å². The number of aromatic nitrogens is 1. The zero-order chi connectivity index (χ0) is 19.2. The fraction of sp³-hybridized carbons (Fsp3) is 0.318. The highest BCUT2D eigenvalue weighted by molar-refractivity contribution is 5.84. The standard InChI is InChI=1S/C10H9NO.C7H8O.C3H8.C2H6/c1-7-5-6-8-3-2-4-9(12)10(8)11-7;1-6-4-2-3-5-7(6)8;1-3-2;1-2/h2-6,12H,1H3;2-5,8H,1H3;3H2,1-2H3;1-2H3. The van der Waals surface area contributed by atoms with Crippen molar-refractivity contribution >= 4 is 10.9 Å². The summed E-state index contributed by atoms with van der Waals surface area (Å²) < 4.78 is 0. The number of phenolic OH excluding ortho intramolecular Hbond substituents is 2. The van der Waals surface area contributed by atoms with E-state index in [1.807, 2.05) is 70.2 Å². The molecular weight excluding hydrogens is 310 g/mol. The number of benzene rings is 2. The number of hydrogen-bond acceptors (Lipinski definition) is 3. The number of aromatic hydroxyl groups is 2. The lowest BCUT2D eigenvalue weighted by Gasteiger charge is -1.99. The van der Waals surface area contributed by atoms with Crippen molar-refractivity contribution in [3.63, 3.8) is 0 Å². The minimum Gasteiger partial charge on any atom is -0.508 e. The van der Waals surface area contributed by atoms with E-state index in [0.717, 1.165) is 16.6 Å². The number of aryl methyl sites for hydroxylation is 2. The van der Waals surface area contributed by atoms with Crippen LogP contribution in [0.4, 0.5) is 0 Å². The number of phenols is 2. The molecule has 136 valence electrons. The maximum Gasteiger partial charge on any atom is 0.141 e. The van der Waals surface area contributed by atoms with Crippen LogP contribution in [0.2, 0.25) is 0 Å². The molecule has 0 bridgehead atoms. The Balaban J connectivity index is 0.000000385. The second-order valence-electron chi connectivity index (χ2n) is 5.30. The Morgan fingerprint density at radius 1 is 0.760 bits per heavy atom. The highest BCUT2D eigenvalue weighted by atomic mass is 16.3. The van der Waals surface area contributed by atoms with Gasteiger partial charge in [0.2, 0.25) is 0 Å². The lowest BCUT2D eigenvalue weighted by atomic mass is 10.2. The van der Waals surface area contributed by atoms with Crippen molar-refractivity contribution in [2.24, 2.45) is 0 Å². The molecule has 0 radical (unpaired) electrons. The average Bonchev–Trinajstić information content (AvgIpc) is 2.61.